The second-order valence-electron chi connectivity index (χ2n) is 6.05. The third-order valence-electron chi connectivity index (χ3n) is 4.31. The summed E-state index contributed by atoms with van der Waals surface area (Å²) in [5, 5.41) is 12.2. The first kappa shape index (κ1) is 16.7. The summed E-state index contributed by atoms with van der Waals surface area (Å²) in [7, 11) is 0. The lowest BCUT2D eigenvalue weighted by Gasteiger charge is -2.33. The number of carbonyl (C=O) groups excluding carboxylic acids is 1. The topological polar surface area (TPSA) is 108 Å². The van der Waals surface area contributed by atoms with Crippen molar-refractivity contribution in [2.45, 2.75) is 19.4 Å². The van der Waals surface area contributed by atoms with Crippen LogP contribution in [0.15, 0.2) is 36.5 Å². The van der Waals surface area contributed by atoms with Gasteiger partial charge in [-0.25, -0.2) is 9.97 Å². The van der Waals surface area contributed by atoms with E-state index in [9.17, 15) is 4.79 Å². The van der Waals surface area contributed by atoms with E-state index in [4.69, 9.17) is 11.0 Å². The van der Waals surface area contributed by atoms with Crippen molar-refractivity contribution in [1.29, 1.82) is 5.26 Å². The van der Waals surface area contributed by atoms with Gasteiger partial charge in [0.2, 0.25) is 5.91 Å². The Morgan fingerprint density at radius 1 is 1.40 bits per heavy atom. The number of rotatable bonds is 5. The van der Waals surface area contributed by atoms with Crippen molar-refractivity contribution < 1.29 is 4.79 Å². The minimum Gasteiger partial charge on any atom is -0.369 e. The van der Waals surface area contributed by atoms with Gasteiger partial charge in [0.05, 0.1) is 5.92 Å². The molecule has 1 aliphatic heterocycles. The lowest BCUT2D eigenvalue weighted by Crippen LogP contribution is -2.42. The van der Waals surface area contributed by atoms with E-state index in [0.29, 0.717) is 24.6 Å². The Hall–Kier alpha value is -3.14. The SMILES string of the molecule is N#Cc1cccc(NCc2cccnc2N2CCCC(C(N)=O)C2)n1. The number of pyridine rings is 2. The predicted octanol–water partition coefficient (Wildman–Crippen LogP) is 1.66. The fraction of sp³-hybridized carbons (Fsp3) is 0.333. The number of nitriles is 1. The van der Waals surface area contributed by atoms with Crippen LogP contribution in [0.3, 0.4) is 0 Å². The predicted molar refractivity (Wildman–Crippen MR) is 94.6 cm³/mol. The van der Waals surface area contributed by atoms with E-state index >= 15 is 0 Å². The first-order valence-corrected chi connectivity index (χ1v) is 8.26. The number of carbonyl (C=O) groups is 1. The third kappa shape index (κ3) is 4.04. The van der Waals surface area contributed by atoms with Crippen LogP contribution < -0.4 is 16.0 Å². The maximum atomic E-state index is 11.5. The smallest absolute Gasteiger partial charge is 0.222 e. The fourth-order valence-corrected chi connectivity index (χ4v) is 3.04. The van der Waals surface area contributed by atoms with E-state index in [1.54, 1.807) is 18.3 Å². The molecule has 7 heteroatoms. The summed E-state index contributed by atoms with van der Waals surface area (Å²) in [4.78, 5) is 22.4. The Morgan fingerprint density at radius 3 is 3.08 bits per heavy atom. The summed E-state index contributed by atoms with van der Waals surface area (Å²) < 4.78 is 0. The van der Waals surface area contributed by atoms with Crippen LogP contribution in [0.2, 0.25) is 0 Å². The number of nitrogens with one attached hydrogen (secondary N) is 1. The van der Waals surface area contributed by atoms with E-state index in [1.165, 1.54) is 0 Å². The van der Waals surface area contributed by atoms with Gasteiger partial charge in [-0.15, -0.1) is 0 Å². The first-order valence-electron chi connectivity index (χ1n) is 8.26. The van der Waals surface area contributed by atoms with Gasteiger partial charge in [0.15, 0.2) is 0 Å². The van der Waals surface area contributed by atoms with Crippen LogP contribution in [0, 0.1) is 17.2 Å². The molecule has 2 aromatic rings. The average Bonchev–Trinajstić information content (AvgIpc) is 2.67. The summed E-state index contributed by atoms with van der Waals surface area (Å²) in [6, 6.07) is 11.2. The van der Waals surface area contributed by atoms with E-state index in [2.05, 4.69) is 20.2 Å². The van der Waals surface area contributed by atoms with Crippen molar-refractivity contribution in [1.82, 2.24) is 9.97 Å². The highest BCUT2D eigenvalue weighted by molar-refractivity contribution is 5.77. The molecular weight excluding hydrogens is 316 g/mol. The summed E-state index contributed by atoms with van der Waals surface area (Å²) in [6.45, 7) is 1.99. The van der Waals surface area contributed by atoms with Gasteiger partial charge in [0.25, 0.3) is 0 Å². The minimum absolute atomic E-state index is 0.134. The molecule has 0 aliphatic carbocycles. The van der Waals surface area contributed by atoms with Gasteiger partial charge < -0.3 is 16.0 Å². The maximum Gasteiger partial charge on any atom is 0.222 e. The van der Waals surface area contributed by atoms with E-state index in [0.717, 1.165) is 30.8 Å². The Bertz CT molecular complexity index is 800. The summed E-state index contributed by atoms with van der Waals surface area (Å²) in [6.07, 6.45) is 3.50. The van der Waals surface area contributed by atoms with Crippen molar-refractivity contribution in [2.75, 3.05) is 23.3 Å². The average molecular weight is 336 g/mol. The normalized spacial score (nSPS) is 16.9. The zero-order valence-corrected chi connectivity index (χ0v) is 13.9. The molecule has 2 aromatic heterocycles. The molecular formula is C18H20N6O. The van der Waals surface area contributed by atoms with Gasteiger partial charge in [0.1, 0.15) is 23.4 Å². The van der Waals surface area contributed by atoms with E-state index in [1.807, 2.05) is 24.3 Å². The Kier molecular flexibility index (Phi) is 5.09. The quantitative estimate of drug-likeness (QED) is 0.860. The number of hydrogen-bond donors (Lipinski definition) is 2. The van der Waals surface area contributed by atoms with E-state index < -0.39 is 0 Å². The molecule has 0 saturated carbocycles. The van der Waals surface area contributed by atoms with Crippen LogP contribution >= 0.6 is 0 Å². The summed E-state index contributed by atoms with van der Waals surface area (Å²) in [5.74, 6) is 1.11. The van der Waals surface area contributed by atoms with E-state index in [-0.39, 0.29) is 11.8 Å². The van der Waals surface area contributed by atoms with Crippen molar-refractivity contribution in [3.8, 4) is 6.07 Å². The number of nitrogens with two attached hydrogens (primary N) is 1. The van der Waals surface area contributed by atoms with Gasteiger partial charge >= 0.3 is 0 Å². The third-order valence-corrected chi connectivity index (χ3v) is 4.31. The van der Waals surface area contributed by atoms with Crippen molar-refractivity contribution in [3.63, 3.8) is 0 Å². The lowest BCUT2D eigenvalue weighted by atomic mass is 9.97. The maximum absolute atomic E-state index is 11.5. The van der Waals surface area contributed by atoms with Gasteiger partial charge in [-0.3, -0.25) is 4.79 Å². The van der Waals surface area contributed by atoms with Crippen molar-refractivity contribution >= 4 is 17.5 Å². The molecule has 3 heterocycles. The highest BCUT2D eigenvalue weighted by Crippen LogP contribution is 2.25. The molecule has 1 fully saturated rings. The summed E-state index contributed by atoms with van der Waals surface area (Å²) >= 11 is 0. The van der Waals surface area contributed by atoms with Crippen LogP contribution in [0.1, 0.15) is 24.1 Å². The molecule has 1 aliphatic rings. The van der Waals surface area contributed by atoms with Crippen LogP contribution in [0.5, 0.6) is 0 Å². The molecule has 7 nitrogen and oxygen atoms in total. The Balaban J connectivity index is 1.74. The number of amides is 1. The molecule has 0 aromatic carbocycles. The van der Waals surface area contributed by atoms with Gasteiger partial charge in [-0.1, -0.05) is 12.1 Å². The van der Waals surface area contributed by atoms with Gasteiger partial charge in [-0.2, -0.15) is 5.26 Å². The molecule has 0 radical (unpaired) electrons. The van der Waals surface area contributed by atoms with Crippen LogP contribution in [-0.4, -0.2) is 29.0 Å². The molecule has 25 heavy (non-hydrogen) atoms. The molecule has 1 unspecified atom stereocenters. The molecule has 128 valence electrons. The second kappa shape index (κ2) is 7.62. The van der Waals surface area contributed by atoms with Crippen molar-refractivity contribution in [2.24, 2.45) is 11.7 Å². The molecule has 0 bridgehead atoms. The standard InChI is InChI=1S/C18H20N6O/c19-10-15-6-1-7-16(23-15)22-11-13-4-2-8-21-18(13)24-9-3-5-14(12-24)17(20)25/h1-2,4,6-8,14H,3,5,9,11-12H2,(H2,20,25)(H,22,23). The number of anilines is 2. The van der Waals surface area contributed by atoms with Crippen LogP contribution in [0.25, 0.3) is 0 Å². The highest BCUT2D eigenvalue weighted by atomic mass is 16.1. The first-order chi connectivity index (χ1) is 12.2. The molecule has 1 saturated heterocycles. The number of primary amides is 1. The molecule has 3 N–H and O–H groups in total. The number of hydrogen-bond acceptors (Lipinski definition) is 6. The Labute approximate surface area is 146 Å². The largest absolute Gasteiger partial charge is 0.369 e. The monoisotopic (exact) mass is 336 g/mol. The second-order valence-corrected chi connectivity index (χ2v) is 6.05. The minimum atomic E-state index is -0.252. The molecule has 3 rings (SSSR count). The summed E-state index contributed by atoms with van der Waals surface area (Å²) in [5.41, 5.74) is 6.86. The van der Waals surface area contributed by atoms with Gasteiger partial charge in [0, 0.05) is 31.4 Å². The number of aromatic nitrogens is 2. The lowest BCUT2D eigenvalue weighted by molar-refractivity contribution is -0.122. The zero-order valence-electron chi connectivity index (χ0n) is 13.9. The number of nitrogens with zero attached hydrogens (tertiary/aromatic N) is 4. The highest BCUT2D eigenvalue weighted by Gasteiger charge is 2.25. The molecule has 0 spiro atoms. The van der Waals surface area contributed by atoms with Crippen molar-refractivity contribution in [3.05, 3.63) is 47.8 Å². The van der Waals surface area contributed by atoms with Gasteiger partial charge in [-0.05, 0) is 31.0 Å². The molecule has 1 atom stereocenters. The van der Waals surface area contributed by atoms with Crippen LogP contribution in [-0.2, 0) is 11.3 Å². The number of piperidine rings is 1. The fourth-order valence-electron chi connectivity index (χ4n) is 3.04. The molecule has 1 amide bonds. The zero-order chi connectivity index (χ0) is 17.6. The Morgan fingerprint density at radius 2 is 2.28 bits per heavy atom. The van der Waals surface area contributed by atoms with Crippen LogP contribution in [0.4, 0.5) is 11.6 Å².